The average molecular weight is 337 g/mol. The molecule has 0 aliphatic carbocycles. The van der Waals surface area contributed by atoms with Crippen LogP contribution in [0, 0.1) is 0 Å². The maximum absolute atomic E-state index is 12.1. The molecule has 0 fully saturated rings. The zero-order chi connectivity index (χ0) is 16.3. The second-order valence-corrected chi connectivity index (χ2v) is 5.14. The number of hydrogen-bond acceptors (Lipinski definition) is 4. The van der Waals surface area contributed by atoms with E-state index < -0.39 is 11.9 Å². The minimum atomic E-state index is -0.548. The van der Waals surface area contributed by atoms with Crippen molar-refractivity contribution in [3.63, 3.8) is 0 Å². The number of nitrogens with zero attached hydrogens (tertiary/aromatic N) is 1. The number of benzene rings is 2. The molecule has 0 aliphatic rings. The van der Waals surface area contributed by atoms with Gasteiger partial charge in [0, 0.05) is 5.56 Å². The van der Waals surface area contributed by atoms with Gasteiger partial charge in [-0.15, -0.1) is 0 Å². The van der Waals surface area contributed by atoms with Crippen molar-refractivity contribution in [2.75, 3.05) is 15.4 Å². The van der Waals surface area contributed by atoms with Crippen LogP contribution in [0.4, 0.5) is 21.9 Å². The van der Waals surface area contributed by atoms with Crippen LogP contribution >= 0.6 is 24.4 Å². The van der Waals surface area contributed by atoms with Crippen molar-refractivity contribution in [3.8, 4) is 0 Å². The fourth-order valence-electron chi connectivity index (χ4n) is 1.70. The Morgan fingerprint density at radius 3 is 2.36 bits per heavy atom. The highest BCUT2D eigenvalue weighted by Crippen LogP contribution is 2.28. The number of nitrogens with two attached hydrogens (primary N) is 2. The molecule has 0 saturated heterocycles. The Morgan fingerprint density at radius 2 is 1.77 bits per heavy atom. The Kier molecular flexibility index (Phi) is 4.79. The van der Waals surface area contributed by atoms with Crippen LogP contribution in [0.2, 0.25) is 5.02 Å². The summed E-state index contributed by atoms with van der Waals surface area (Å²) in [7, 11) is 0. The van der Waals surface area contributed by atoms with Crippen molar-refractivity contribution < 1.29 is 9.59 Å². The van der Waals surface area contributed by atoms with Gasteiger partial charge in [0.05, 0.1) is 22.1 Å². The Labute approximate surface area is 137 Å². The molecule has 2 aromatic carbocycles. The first-order valence-corrected chi connectivity index (χ1v) is 6.92. The highest BCUT2D eigenvalue weighted by molar-refractivity contribution is 7.82. The Bertz CT molecular complexity index is 721. The van der Waals surface area contributed by atoms with Crippen molar-refractivity contribution in [3.05, 3.63) is 53.1 Å². The number of carbonyl (C=O) groups excluding carboxylic acids is 2. The first kappa shape index (κ1) is 16.0. The van der Waals surface area contributed by atoms with E-state index in [2.05, 4.69) is 18.1 Å². The second kappa shape index (κ2) is 6.59. The molecule has 114 valence electrons. The van der Waals surface area contributed by atoms with Crippen LogP contribution in [0.25, 0.3) is 0 Å². The van der Waals surface area contributed by atoms with Gasteiger partial charge in [0.2, 0.25) is 5.91 Å². The highest BCUT2D eigenvalue weighted by Gasteiger charge is 2.14. The lowest BCUT2D eigenvalue weighted by molar-refractivity contribution is 0.100. The molecule has 5 N–H and O–H groups in total. The van der Waals surface area contributed by atoms with Crippen LogP contribution in [0.1, 0.15) is 10.4 Å². The molecule has 0 aliphatic heterocycles. The lowest BCUT2D eigenvalue weighted by Gasteiger charge is -2.17. The van der Waals surface area contributed by atoms with Crippen molar-refractivity contribution >= 4 is 53.4 Å². The quantitative estimate of drug-likeness (QED) is 0.512. The molecule has 0 bridgehead atoms. The van der Waals surface area contributed by atoms with Crippen LogP contribution in [0.5, 0.6) is 0 Å². The molecule has 2 aromatic rings. The van der Waals surface area contributed by atoms with Crippen molar-refractivity contribution in [2.24, 2.45) is 5.73 Å². The van der Waals surface area contributed by atoms with Crippen molar-refractivity contribution in [1.29, 1.82) is 0 Å². The van der Waals surface area contributed by atoms with Gasteiger partial charge in [-0.25, -0.2) is 9.10 Å². The van der Waals surface area contributed by atoms with E-state index in [0.717, 1.165) is 4.31 Å². The summed E-state index contributed by atoms with van der Waals surface area (Å²) in [5, 5.41) is 2.85. The van der Waals surface area contributed by atoms with Gasteiger partial charge in [-0.1, -0.05) is 30.5 Å². The van der Waals surface area contributed by atoms with Gasteiger partial charge in [0.25, 0.3) is 0 Å². The van der Waals surface area contributed by atoms with E-state index in [0.29, 0.717) is 22.6 Å². The molecule has 0 atom stereocenters. The van der Waals surface area contributed by atoms with Gasteiger partial charge in [-0.3, -0.25) is 4.79 Å². The number of anilines is 3. The molecule has 0 heterocycles. The summed E-state index contributed by atoms with van der Waals surface area (Å²) in [6.45, 7) is 0. The number of urea groups is 1. The summed E-state index contributed by atoms with van der Waals surface area (Å²) >= 11 is 10.1. The van der Waals surface area contributed by atoms with Gasteiger partial charge in [0.15, 0.2) is 0 Å². The van der Waals surface area contributed by atoms with Crippen LogP contribution in [0.15, 0.2) is 42.5 Å². The molecule has 0 spiro atoms. The summed E-state index contributed by atoms with van der Waals surface area (Å²) in [5.74, 6) is -0.548. The number of hydrogen-bond donors (Lipinski definition) is 4. The second-order valence-electron chi connectivity index (χ2n) is 4.36. The number of carbonyl (C=O) groups is 2. The molecule has 22 heavy (non-hydrogen) atoms. The summed E-state index contributed by atoms with van der Waals surface area (Å²) in [6, 6.07) is 10.5. The van der Waals surface area contributed by atoms with E-state index in [1.54, 1.807) is 30.3 Å². The molecule has 2 rings (SSSR count). The molecule has 6 nitrogen and oxygen atoms in total. The van der Waals surface area contributed by atoms with Crippen LogP contribution < -0.4 is 21.1 Å². The van der Waals surface area contributed by atoms with Gasteiger partial charge >= 0.3 is 6.03 Å². The molecule has 8 heteroatoms. The van der Waals surface area contributed by atoms with E-state index in [9.17, 15) is 9.59 Å². The number of amides is 3. The lowest BCUT2D eigenvalue weighted by atomic mass is 10.2. The number of rotatable bonds is 3. The number of primary amides is 1. The zero-order valence-electron chi connectivity index (χ0n) is 11.3. The number of thiol groups is 1. The van der Waals surface area contributed by atoms with Crippen LogP contribution in [-0.2, 0) is 0 Å². The maximum atomic E-state index is 12.1. The molecule has 0 radical (unpaired) electrons. The normalized spacial score (nSPS) is 10.1. The van der Waals surface area contributed by atoms with E-state index in [4.69, 9.17) is 23.1 Å². The first-order chi connectivity index (χ1) is 10.4. The third-order valence-electron chi connectivity index (χ3n) is 2.86. The molecule has 0 unspecified atom stereocenters. The van der Waals surface area contributed by atoms with Crippen LogP contribution in [-0.4, -0.2) is 11.9 Å². The van der Waals surface area contributed by atoms with Gasteiger partial charge in [-0.05, 0) is 36.4 Å². The molecular formula is C14H13ClN4O2S. The Hall–Kier alpha value is -2.38. The SMILES string of the molecule is NC(=O)c1ccc(N(S)C(=O)Nc2cccc(N)c2Cl)cc1. The number of nitrogen functional groups attached to an aromatic ring is 1. The molecular weight excluding hydrogens is 324 g/mol. The number of nitrogens with one attached hydrogen (secondary N) is 1. The van der Waals surface area contributed by atoms with E-state index in [1.807, 2.05) is 0 Å². The van der Waals surface area contributed by atoms with E-state index in [-0.39, 0.29) is 5.02 Å². The largest absolute Gasteiger partial charge is 0.397 e. The van der Waals surface area contributed by atoms with E-state index >= 15 is 0 Å². The van der Waals surface area contributed by atoms with Gasteiger partial charge in [0.1, 0.15) is 0 Å². The summed E-state index contributed by atoms with van der Waals surface area (Å²) in [6.07, 6.45) is 0. The van der Waals surface area contributed by atoms with Crippen molar-refractivity contribution in [2.45, 2.75) is 0 Å². The maximum Gasteiger partial charge on any atom is 0.336 e. The summed E-state index contributed by atoms with van der Waals surface area (Å²) < 4.78 is 1.07. The standard InChI is InChI=1S/C14H13ClN4O2S/c15-12-10(16)2-1-3-11(12)18-14(21)19(22)9-6-4-8(5-7-9)13(17)20/h1-7,22H,16H2,(H2,17,20)(H,18,21). The third-order valence-corrected chi connectivity index (χ3v) is 3.69. The number of halogens is 1. The topological polar surface area (TPSA) is 101 Å². The minimum absolute atomic E-state index is 0.252. The third kappa shape index (κ3) is 3.44. The monoisotopic (exact) mass is 336 g/mol. The average Bonchev–Trinajstić information content (AvgIpc) is 2.51. The Morgan fingerprint density at radius 1 is 1.14 bits per heavy atom. The Balaban J connectivity index is 2.15. The summed E-state index contributed by atoms with van der Waals surface area (Å²) in [5.41, 5.74) is 12.4. The predicted molar refractivity (Wildman–Crippen MR) is 91.3 cm³/mol. The highest BCUT2D eigenvalue weighted by atomic mass is 35.5. The first-order valence-electron chi connectivity index (χ1n) is 6.14. The van der Waals surface area contributed by atoms with Crippen LogP contribution in [0.3, 0.4) is 0 Å². The van der Waals surface area contributed by atoms with Gasteiger partial charge < -0.3 is 16.8 Å². The molecule has 0 aromatic heterocycles. The molecule has 0 saturated carbocycles. The van der Waals surface area contributed by atoms with Crippen molar-refractivity contribution in [1.82, 2.24) is 0 Å². The summed E-state index contributed by atoms with van der Waals surface area (Å²) in [4.78, 5) is 23.2. The fourth-order valence-corrected chi connectivity index (χ4v) is 2.06. The zero-order valence-corrected chi connectivity index (χ0v) is 12.9. The fraction of sp³-hybridized carbons (Fsp3) is 0. The van der Waals surface area contributed by atoms with E-state index in [1.165, 1.54) is 12.1 Å². The minimum Gasteiger partial charge on any atom is -0.397 e. The predicted octanol–water partition coefficient (Wildman–Crippen LogP) is 2.90. The molecule has 3 amide bonds. The van der Waals surface area contributed by atoms with Gasteiger partial charge in [-0.2, -0.15) is 0 Å². The lowest BCUT2D eigenvalue weighted by Crippen LogP contribution is -2.27. The smallest absolute Gasteiger partial charge is 0.336 e.